The Bertz CT molecular complexity index is 1080. The molecule has 0 atom stereocenters. The summed E-state index contributed by atoms with van der Waals surface area (Å²) in [4.78, 5) is 39.6. The lowest BCUT2D eigenvalue weighted by atomic mass is 10.2. The molecule has 0 aliphatic carbocycles. The molecule has 1 N–H and O–H groups in total. The number of thiazole rings is 1. The first-order chi connectivity index (χ1) is 13.8. The minimum absolute atomic E-state index is 0.0274. The van der Waals surface area contributed by atoms with E-state index in [1.54, 1.807) is 6.92 Å². The average molecular weight is 434 g/mol. The Kier molecular flexibility index (Phi) is 6.24. The van der Waals surface area contributed by atoms with Crippen molar-refractivity contribution in [2.45, 2.75) is 23.1 Å². The van der Waals surface area contributed by atoms with Gasteiger partial charge in [-0.3, -0.25) is 20.2 Å². The van der Waals surface area contributed by atoms with E-state index in [1.165, 1.54) is 41.3 Å². The van der Waals surface area contributed by atoms with Gasteiger partial charge in [-0.1, -0.05) is 16.9 Å². The smallest absolute Gasteiger partial charge is 0.340 e. The summed E-state index contributed by atoms with van der Waals surface area (Å²) in [6, 6.07) is 5.36. The van der Waals surface area contributed by atoms with Crippen molar-refractivity contribution < 1.29 is 23.8 Å². The van der Waals surface area contributed by atoms with Gasteiger partial charge >= 0.3 is 5.97 Å². The number of hydrogen-bond donors (Lipinski definition) is 1. The number of hydrogen-bond acceptors (Lipinski definition) is 10. The summed E-state index contributed by atoms with van der Waals surface area (Å²) in [5.74, 6) is -1.38. The molecule has 0 spiro atoms. The number of nitrogens with zero attached hydrogens (tertiary/aromatic N) is 3. The zero-order chi connectivity index (χ0) is 21.0. The van der Waals surface area contributed by atoms with E-state index < -0.39 is 23.4 Å². The number of nitro groups is 1. The molecule has 1 aromatic carbocycles. The monoisotopic (exact) mass is 434 g/mol. The van der Waals surface area contributed by atoms with Gasteiger partial charge in [0, 0.05) is 34.2 Å². The molecule has 2 aromatic heterocycles. The number of non-ortho nitro benzene ring substituents is 1. The zero-order valence-corrected chi connectivity index (χ0v) is 16.8. The number of nitrogens with one attached hydrogen (secondary N) is 1. The van der Waals surface area contributed by atoms with Crippen LogP contribution in [0.25, 0.3) is 0 Å². The summed E-state index contributed by atoms with van der Waals surface area (Å²) in [7, 11) is 0. The maximum atomic E-state index is 12.5. The van der Waals surface area contributed by atoms with Crippen LogP contribution in [0.5, 0.6) is 0 Å². The van der Waals surface area contributed by atoms with Gasteiger partial charge in [0.15, 0.2) is 10.9 Å². The lowest BCUT2D eigenvalue weighted by Crippen LogP contribution is -2.21. The predicted octanol–water partition coefficient (Wildman–Crippen LogP) is 3.60. The average Bonchev–Trinajstić information content (AvgIpc) is 3.27. The Hall–Kier alpha value is -3.25. The SMILES string of the molecule is Cc1cc(NC(=O)COC(=O)c2cc([N+](=O)[O-])ccc2Sc2nc(C)cs2)on1. The van der Waals surface area contributed by atoms with Gasteiger partial charge in [-0.05, 0) is 19.9 Å². The van der Waals surface area contributed by atoms with Gasteiger partial charge in [0.05, 0.1) is 16.2 Å². The van der Waals surface area contributed by atoms with Crippen molar-refractivity contribution in [2.24, 2.45) is 0 Å². The van der Waals surface area contributed by atoms with E-state index in [0.29, 0.717) is 14.9 Å². The van der Waals surface area contributed by atoms with Gasteiger partial charge in [0.1, 0.15) is 0 Å². The molecule has 12 heteroatoms. The van der Waals surface area contributed by atoms with E-state index in [-0.39, 0.29) is 17.1 Å². The number of aryl methyl sites for hydroxylation is 2. The quantitative estimate of drug-likeness (QED) is 0.336. The topological polar surface area (TPSA) is 137 Å². The standard InChI is InChI=1S/C17H14N4O6S2/c1-9-5-15(27-20-9)19-14(22)7-26-16(23)12-6-11(21(24)25)3-4-13(12)29-17-18-10(2)8-28-17/h3-6,8H,7H2,1-2H3,(H,19,22). The van der Waals surface area contributed by atoms with Crippen molar-refractivity contribution in [3.63, 3.8) is 0 Å². The van der Waals surface area contributed by atoms with Crippen LogP contribution in [0.3, 0.4) is 0 Å². The number of nitro benzene ring substituents is 1. The summed E-state index contributed by atoms with van der Waals surface area (Å²) < 4.78 is 10.5. The van der Waals surface area contributed by atoms with E-state index >= 15 is 0 Å². The van der Waals surface area contributed by atoms with Gasteiger partial charge in [0.2, 0.25) is 5.88 Å². The number of ether oxygens (including phenoxy) is 1. The molecule has 3 rings (SSSR count). The molecule has 3 aromatic rings. The van der Waals surface area contributed by atoms with Crippen molar-refractivity contribution in [3.05, 3.63) is 56.7 Å². The fourth-order valence-electron chi connectivity index (χ4n) is 2.16. The third kappa shape index (κ3) is 5.39. The van der Waals surface area contributed by atoms with Crippen LogP contribution in [0.4, 0.5) is 11.6 Å². The van der Waals surface area contributed by atoms with Crippen molar-refractivity contribution in [1.29, 1.82) is 0 Å². The number of anilines is 1. The maximum Gasteiger partial charge on any atom is 0.340 e. The summed E-state index contributed by atoms with van der Waals surface area (Å²) in [6.07, 6.45) is 0. The normalized spacial score (nSPS) is 10.6. The maximum absolute atomic E-state index is 12.5. The molecule has 0 fully saturated rings. The minimum atomic E-state index is -0.867. The van der Waals surface area contributed by atoms with Gasteiger partial charge in [-0.2, -0.15) is 0 Å². The summed E-state index contributed by atoms with van der Waals surface area (Å²) in [5, 5.41) is 18.9. The fourth-order valence-corrected chi connectivity index (χ4v) is 4.05. The molecule has 0 radical (unpaired) electrons. The Labute approximate surface area is 172 Å². The Morgan fingerprint density at radius 2 is 2.10 bits per heavy atom. The molecular formula is C17H14N4O6S2. The van der Waals surface area contributed by atoms with Gasteiger partial charge in [0.25, 0.3) is 11.6 Å². The van der Waals surface area contributed by atoms with Crippen molar-refractivity contribution in [2.75, 3.05) is 11.9 Å². The molecule has 0 saturated carbocycles. The second-order valence-electron chi connectivity index (χ2n) is 5.75. The molecule has 29 heavy (non-hydrogen) atoms. The molecule has 0 saturated heterocycles. The third-order valence-electron chi connectivity index (χ3n) is 3.41. The molecule has 1 amide bonds. The fraction of sp³-hybridized carbons (Fsp3) is 0.176. The Morgan fingerprint density at radius 3 is 2.72 bits per heavy atom. The molecule has 2 heterocycles. The van der Waals surface area contributed by atoms with E-state index in [9.17, 15) is 19.7 Å². The predicted molar refractivity (Wildman–Crippen MR) is 104 cm³/mol. The zero-order valence-electron chi connectivity index (χ0n) is 15.2. The largest absolute Gasteiger partial charge is 0.452 e. The summed E-state index contributed by atoms with van der Waals surface area (Å²) in [6.45, 7) is 2.92. The molecule has 150 valence electrons. The first-order valence-electron chi connectivity index (χ1n) is 8.10. The second kappa shape index (κ2) is 8.84. The lowest BCUT2D eigenvalue weighted by molar-refractivity contribution is -0.384. The van der Waals surface area contributed by atoms with Gasteiger partial charge < -0.3 is 9.26 Å². The minimum Gasteiger partial charge on any atom is -0.452 e. The highest BCUT2D eigenvalue weighted by Crippen LogP contribution is 2.34. The highest BCUT2D eigenvalue weighted by Gasteiger charge is 2.21. The molecule has 10 nitrogen and oxygen atoms in total. The van der Waals surface area contributed by atoms with Crippen LogP contribution in [0.2, 0.25) is 0 Å². The van der Waals surface area contributed by atoms with Gasteiger partial charge in [-0.15, -0.1) is 11.3 Å². The van der Waals surface area contributed by atoms with Crippen LogP contribution in [0.1, 0.15) is 21.7 Å². The van der Waals surface area contributed by atoms with Crippen LogP contribution in [0.15, 0.2) is 43.4 Å². The molecule has 0 aliphatic rings. The number of carbonyl (C=O) groups is 2. The first kappa shape index (κ1) is 20.5. The number of esters is 1. The van der Waals surface area contributed by atoms with E-state index in [4.69, 9.17) is 9.26 Å². The Balaban J connectivity index is 1.73. The molecule has 0 aliphatic heterocycles. The summed E-state index contributed by atoms with van der Waals surface area (Å²) in [5.41, 5.74) is 1.11. The molecule has 0 bridgehead atoms. The van der Waals surface area contributed by atoms with E-state index in [0.717, 1.165) is 11.8 Å². The van der Waals surface area contributed by atoms with Crippen molar-refractivity contribution >= 4 is 46.5 Å². The number of amides is 1. The molecule has 0 unspecified atom stereocenters. The number of aromatic nitrogens is 2. The van der Waals surface area contributed by atoms with Crippen LogP contribution >= 0.6 is 23.1 Å². The molecular weight excluding hydrogens is 420 g/mol. The number of rotatable bonds is 7. The van der Waals surface area contributed by atoms with Crippen LogP contribution in [-0.4, -0.2) is 33.5 Å². The second-order valence-corrected chi connectivity index (χ2v) is 7.90. The van der Waals surface area contributed by atoms with Gasteiger partial charge in [-0.25, -0.2) is 9.78 Å². The highest BCUT2D eigenvalue weighted by atomic mass is 32.2. The van der Waals surface area contributed by atoms with Crippen LogP contribution in [-0.2, 0) is 9.53 Å². The van der Waals surface area contributed by atoms with Crippen molar-refractivity contribution in [3.8, 4) is 0 Å². The van der Waals surface area contributed by atoms with Crippen LogP contribution in [0, 0.1) is 24.0 Å². The van der Waals surface area contributed by atoms with Crippen LogP contribution < -0.4 is 5.32 Å². The van der Waals surface area contributed by atoms with E-state index in [2.05, 4.69) is 15.5 Å². The summed E-state index contributed by atoms with van der Waals surface area (Å²) >= 11 is 2.57. The number of benzene rings is 1. The Morgan fingerprint density at radius 1 is 1.31 bits per heavy atom. The third-order valence-corrected chi connectivity index (χ3v) is 5.55. The first-order valence-corrected chi connectivity index (χ1v) is 9.80. The highest BCUT2D eigenvalue weighted by molar-refractivity contribution is 8.01. The number of carbonyl (C=O) groups excluding carboxylic acids is 2. The van der Waals surface area contributed by atoms with Crippen molar-refractivity contribution in [1.82, 2.24) is 10.1 Å². The lowest BCUT2D eigenvalue weighted by Gasteiger charge is -2.08. The van der Waals surface area contributed by atoms with E-state index in [1.807, 2.05) is 12.3 Å².